The molecule has 5 heteroatoms. The minimum absolute atomic E-state index is 0.220. The number of rotatable bonds is 5. The van der Waals surface area contributed by atoms with Gasteiger partial charge in [0.05, 0.1) is 18.4 Å². The van der Waals surface area contributed by atoms with Crippen LogP contribution in [0.3, 0.4) is 0 Å². The minimum atomic E-state index is -0.372. The molecule has 1 N–H and O–H groups in total. The SMILES string of the molecule is Cc1ccc(C(=O)OCC2CC=CCC2)cc1NC(=O)c1ccco1. The second kappa shape index (κ2) is 7.83. The topological polar surface area (TPSA) is 68.5 Å². The quantitative estimate of drug-likeness (QED) is 0.649. The zero-order valence-corrected chi connectivity index (χ0v) is 14.2. The second-order valence-electron chi connectivity index (χ2n) is 6.21. The van der Waals surface area contributed by atoms with Crippen LogP contribution in [0.4, 0.5) is 5.69 Å². The van der Waals surface area contributed by atoms with E-state index < -0.39 is 0 Å². The van der Waals surface area contributed by atoms with Gasteiger partial charge in [0.2, 0.25) is 0 Å². The number of ether oxygens (including phenoxy) is 1. The highest BCUT2D eigenvalue weighted by molar-refractivity contribution is 6.03. The summed E-state index contributed by atoms with van der Waals surface area (Å²) in [6.07, 6.45) is 8.77. The van der Waals surface area contributed by atoms with E-state index in [0.717, 1.165) is 24.8 Å². The van der Waals surface area contributed by atoms with Crippen molar-refractivity contribution in [2.45, 2.75) is 26.2 Å². The number of hydrogen-bond donors (Lipinski definition) is 1. The lowest BCUT2D eigenvalue weighted by atomic mass is 9.95. The molecular weight excluding hydrogens is 318 g/mol. The van der Waals surface area contributed by atoms with Gasteiger partial charge in [-0.2, -0.15) is 0 Å². The number of anilines is 1. The lowest BCUT2D eigenvalue weighted by Crippen LogP contribution is -2.16. The van der Waals surface area contributed by atoms with Crippen molar-refractivity contribution in [1.82, 2.24) is 0 Å². The Morgan fingerprint density at radius 3 is 2.88 bits per heavy atom. The number of allylic oxidation sites excluding steroid dienone is 2. The number of esters is 1. The maximum atomic E-state index is 12.3. The number of amides is 1. The number of nitrogens with one attached hydrogen (secondary N) is 1. The Balaban J connectivity index is 1.64. The molecule has 5 nitrogen and oxygen atoms in total. The highest BCUT2D eigenvalue weighted by Crippen LogP contribution is 2.21. The first-order chi connectivity index (χ1) is 12.1. The molecule has 1 unspecified atom stereocenters. The van der Waals surface area contributed by atoms with Crippen LogP contribution in [0.25, 0.3) is 0 Å². The summed E-state index contributed by atoms with van der Waals surface area (Å²) < 4.78 is 10.5. The van der Waals surface area contributed by atoms with E-state index in [4.69, 9.17) is 9.15 Å². The Hall–Kier alpha value is -2.82. The Morgan fingerprint density at radius 2 is 2.16 bits per heavy atom. The van der Waals surface area contributed by atoms with Crippen molar-refractivity contribution in [3.63, 3.8) is 0 Å². The molecule has 1 aliphatic rings. The van der Waals surface area contributed by atoms with Gasteiger partial charge in [-0.05, 0) is 61.9 Å². The molecular formula is C20H21NO4. The van der Waals surface area contributed by atoms with Crippen molar-refractivity contribution >= 4 is 17.6 Å². The first-order valence-electron chi connectivity index (χ1n) is 8.41. The van der Waals surface area contributed by atoms with Gasteiger partial charge in [0, 0.05) is 5.69 Å². The minimum Gasteiger partial charge on any atom is -0.462 e. The average molecular weight is 339 g/mol. The van der Waals surface area contributed by atoms with Crippen molar-refractivity contribution in [2.24, 2.45) is 5.92 Å². The van der Waals surface area contributed by atoms with Crippen LogP contribution in [0, 0.1) is 12.8 Å². The number of hydrogen-bond acceptors (Lipinski definition) is 4. The molecule has 1 aromatic carbocycles. The molecule has 0 saturated heterocycles. The second-order valence-corrected chi connectivity index (χ2v) is 6.21. The summed E-state index contributed by atoms with van der Waals surface area (Å²) in [6, 6.07) is 8.37. The van der Waals surface area contributed by atoms with Crippen LogP contribution in [-0.4, -0.2) is 18.5 Å². The molecule has 1 amide bonds. The van der Waals surface area contributed by atoms with Crippen molar-refractivity contribution in [3.05, 3.63) is 65.6 Å². The molecule has 0 fully saturated rings. The van der Waals surface area contributed by atoms with E-state index in [1.165, 1.54) is 6.26 Å². The zero-order chi connectivity index (χ0) is 17.6. The first-order valence-corrected chi connectivity index (χ1v) is 8.41. The van der Waals surface area contributed by atoms with Crippen molar-refractivity contribution < 1.29 is 18.7 Å². The molecule has 0 saturated carbocycles. The van der Waals surface area contributed by atoms with Gasteiger partial charge in [-0.15, -0.1) is 0 Å². The third-order valence-corrected chi connectivity index (χ3v) is 4.29. The molecule has 1 atom stereocenters. The van der Waals surface area contributed by atoms with Crippen LogP contribution in [-0.2, 0) is 4.74 Å². The lowest BCUT2D eigenvalue weighted by Gasteiger charge is -2.17. The monoisotopic (exact) mass is 339 g/mol. The van der Waals surface area contributed by atoms with E-state index in [-0.39, 0.29) is 17.6 Å². The van der Waals surface area contributed by atoms with E-state index in [1.807, 2.05) is 6.92 Å². The molecule has 1 aromatic heterocycles. The van der Waals surface area contributed by atoms with E-state index >= 15 is 0 Å². The predicted molar refractivity (Wildman–Crippen MR) is 94.6 cm³/mol. The summed E-state index contributed by atoms with van der Waals surface area (Å²) in [4.78, 5) is 24.4. The van der Waals surface area contributed by atoms with Crippen LogP contribution in [0.1, 0.15) is 45.7 Å². The fraction of sp³-hybridized carbons (Fsp3) is 0.300. The standard InChI is InChI=1S/C20H21NO4/c1-14-9-10-16(20(23)25-13-15-6-3-2-4-7-15)12-17(14)21-19(22)18-8-5-11-24-18/h2-3,5,8-12,15H,4,6-7,13H2,1H3,(H,21,22). The van der Waals surface area contributed by atoms with Crippen LogP contribution in [0.2, 0.25) is 0 Å². The van der Waals surface area contributed by atoms with Crippen molar-refractivity contribution in [3.8, 4) is 0 Å². The molecule has 0 radical (unpaired) electrons. The Labute approximate surface area is 146 Å². The van der Waals surface area contributed by atoms with E-state index in [0.29, 0.717) is 23.8 Å². The molecule has 1 aliphatic carbocycles. The third-order valence-electron chi connectivity index (χ3n) is 4.29. The number of carbonyl (C=O) groups excluding carboxylic acids is 2. The first kappa shape index (κ1) is 17.0. The van der Waals surface area contributed by atoms with E-state index in [1.54, 1.807) is 30.3 Å². The van der Waals surface area contributed by atoms with Gasteiger partial charge in [-0.3, -0.25) is 4.79 Å². The van der Waals surface area contributed by atoms with Crippen molar-refractivity contribution in [1.29, 1.82) is 0 Å². The highest BCUT2D eigenvalue weighted by atomic mass is 16.5. The average Bonchev–Trinajstić information content (AvgIpc) is 3.17. The molecule has 0 bridgehead atoms. The smallest absolute Gasteiger partial charge is 0.338 e. The van der Waals surface area contributed by atoms with Gasteiger partial charge >= 0.3 is 5.97 Å². The van der Waals surface area contributed by atoms with E-state index in [9.17, 15) is 9.59 Å². The molecule has 0 spiro atoms. The maximum absolute atomic E-state index is 12.3. The summed E-state index contributed by atoms with van der Waals surface area (Å²) in [6.45, 7) is 2.28. The summed E-state index contributed by atoms with van der Waals surface area (Å²) in [7, 11) is 0. The highest BCUT2D eigenvalue weighted by Gasteiger charge is 2.16. The molecule has 2 aromatic rings. The summed E-state index contributed by atoms with van der Waals surface area (Å²) in [5.41, 5.74) is 1.84. The Kier molecular flexibility index (Phi) is 5.33. The van der Waals surface area contributed by atoms with Crippen LogP contribution in [0.15, 0.2) is 53.2 Å². The molecule has 0 aliphatic heterocycles. The summed E-state index contributed by atoms with van der Waals surface area (Å²) >= 11 is 0. The van der Waals surface area contributed by atoms with Gasteiger partial charge in [-0.1, -0.05) is 18.2 Å². The fourth-order valence-corrected chi connectivity index (χ4v) is 2.76. The summed E-state index contributed by atoms with van der Waals surface area (Å²) in [5, 5.41) is 2.76. The number of furan rings is 1. The number of aryl methyl sites for hydroxylation is 1. The fourth-order valence-electron chi connectivity index (χ4n) is 2.76. The molecule has 130 valence electrons. The number of benzene rings is 1. The molecule has 1 heterocycles. The van der Waals surface area contributed by atoms with Crippen molar-refractivity contribution in [2.75, 3.05) is 11.9 Å². The number of carbonyl (C=O) groups is 2. The van der Waals surface area contributed by atoms with Crippen LogP contribution >= 0.6 is 0 Å². The zero-order valence-electron chi connectivity index (χ0n) is 14.2. The van der Waals surface area contributed by atoms with Crippen LogP contribution < -0.4 is 5.32 Å². The molecule has 3 rings (SSSR count). The van der Waals surface area contributed by atoms with Gasteiger partial charge < -0.3 is 14.5 Å². The van der Waals surface area contributed by atoms with Crippen LogP contribution in [0.5, 0.6) is 0 Å². The molecule has 25 heavy (non-hydrogen) atoms. The van der Waals surface area contributed by atoms with Gasteiger partial charge in [-0.25, -0.2) is 4.79 Å². The predicted octanol–water partition coefficient (Wildman–Crippen LogP) is 4.35. The third kappa shape index (κ3) is 4.38. The lowest BCUT2D eigenvalue weighted by molar-refractivity contribution is 0.0432. The Bertz CT molecular complexity index is 777. The maximum Gasteiger partial charge on any atom is 0.338 e. The van der Waals surface area contributed by atoms with Gasteiger partial charge in [0.1, 0.15) is 0 Å². The Morgan fingerprint density at radius 1 is 1.28 bits per heavy atom. The normalized spacial score (nSPS) is 16.4. The largest absolute Gasteiger partial charge is 0.462 e. The summed E-state index contributed by atoms with van der Waals surface area (Å²) in [5.74, 6) is -0.120. The van der Waals surface area contributed by atoms with Gasteiger partial charge in [0.15, 0.2) is 5.76 Å². The van der Waals surface area contributed by atoms with Gasteiger partial charge in [0.25, 0.3) is 5.91 Å². The van der Waals surface area contributed by atoms with E-state index in [2.05, 4.69) is 17.5 Å².